The van der Waals surface area contributed by atoms with Crippen molar-refractivity contribution in [2.75, 3.05) is 39.3 Å². The Bertz CT molecular complexity index is 393. The van der Waals surface area contributed by atoms with Gasteiger partial charge in [0.2, 0.25) is 0 Å². The van der Waals surface area contributed by atoms with Crippen LogP contribution in [0.5, 0.6) is 0 Å². The number of amides is 2. The molecule has 2 fully saturated rings. The molecule has 7 nitrogen and oxygen atoms in total. The summed E-state index contributed by atoms with van der Waals surface area (Å²) < 4.78 is 11.5. The van der Waals surface area contributed by atoms with Gasteiger partial charge < -0.3 is 20.1 Å². The number of hydrogen-bond donors (Lipinski definition) is 2. The summed E-state index contributed by atoms with van der Waals surface area (Å²) in [5, 5.41) is 6.02. The van der Waals surface area contributed by atoms with Crippen molar-refractivity contribution in [1.29, 1.82) is 0 Å². The fourth-order valence-corrected chi connectivity index (χ4v) is 3.96. The Hall–Kier alpha value is -0.890. The summed E-state index contributed by atoms with van der Waals surface area (Å²) in [5.41, 5.74) is 0. The summed E-state index contributed by atoms with van der Waals surface area (Å²) in [6, 6.07) is 0.508. The third kappa shape index (κ3) is 6.68. The highest BCUT2D eigenvalue weighted by molar-refractivity contribution is 5.73. The average molecular weight is 371 g/mol. The van der Waals surface area contributed by atoms with Crippen LogP contribution >= 0.6 is 0 Å². The summed E-state index contributed by atoms with van der Waals surface area (Å²) >= 11 is 0. The molecule has 26 heavy (non-hydrogen) atoms. The Morgan fingerprint density at radius 1 is 0.808 bits per heavy atom. The first-order valence-corrected chi connectivity index (χ1v) is 10.0. The van der Waals surface area contributed by atoms with Crippen molar-refractivity contribution in [3.05, 3.63) is 0 Å². The van der Waals surface area contributed by atoms with E-state index in [0.717, 1.165) is 26.2 Å². The smallest absolute Gasteiger partial charge is 0.314 e. The molecule has 7 heteroatoms. The van der Waals surface area contributed by atoms with Gasteiger partial charge in [0.1, 0.15) is 0 Å². The highest BCUT2D eigenvalue weighted by Gasteiger charge is 2.27. The molecule has 0 aromatic carbocycles. The lowest BCUT2D eigenvalue weighted by molar-refractivity contribution is -0.0780. The highest BCUT2D eigenvalue weighted by atomic mass is 16.5. The van der Waals surface area contributed by atoms with E-state index in [1.165, 1.54) is 0 Å². The van der Waals surface area contributed by atoms with E-state index in [1.807, 2.05) is 0 Å². The molecule has 0 aromatic rings. The van der Waals surface area contributed by atoms with Gasteiger partial charge in [-0.3, -0.25) is 9.80 Å². The lowest BCUT2D eigenvalue weighted by atomic mass is 10.1. The minimum absolute atomic E-state index is 0.0904. The van der Waals surface area contributed by atoms with E-state index in [2.05, 4.69) is 62.0 Å². The predicted octanol–water partition coefficient (Wildman–Crippen LogP) is 1.28. The van der Waals surface area contributed by atoms with Crippen LogP contribution in [0.1, 0.15) is 41.5 Å². The molecule has 2 rings (SSSR count). The quantitative estimate of drug-likeness (QED) is 0.737. The maximum Gasteiger partial charge on any atom is 0.314 e. The van der Waals surface area contributed by atoms with E-state index in [-0.39, 0.29) is 30.4 Å². The third-order valence-corrected chi connectivity index (χ3v) is 5.26. The van der Waals surface area contributed by atoms with Gasteiger partial charge in [-0.05, 0) is 41.5 Å². The van der Waals surface area contributed by atoms with Crippen LogP contribution in [0.15, 0.2) is 0 Å². The molecule has 0 unspecified atom stereocenters. The highest BCUT2D eigenvalue weighted by Crippen LogP contribution is 2.14. The molecular weight excluding hydrogens is 332 g/mol. The summed E-state index contributed by atoms with van der Waals surface area (Å²) in [6.45, 7) is 17.7. The van der Waals surface area contributed by atoms with Gasteiger partial charge in [0, 0.05) is 51.4 Å². The van der Waals surface area contributed by atoms with Gasteiger partial charge in [-0.25, -0.2) is 4.79 Å². The standard InChI is InChI=1S/C19H38N4O3/c1-13(22-9-15(3)25-16(4)10-22)7-20-19(24)21-8-14(2)23-11-17(5)26-18(6)12-23/h13-18H,7-12H2,1-6H3,(H2,20,21,24)/t13-,14+,15-,16+,17-,18+. The van der Waals surface area contributed by atoms with Crippen LogP contribution < -0.4 is 10.6 Å². The zero-order valence-electron chi connectivity index (χ0n) is 17.3. The monoisotopic (exact) mass is 370 g/mol. The molecule has 0 saturated carbocycles. The molecule has 2 heterocycles. The summed E-state index contributed by atoms with van der Waals surface area (Å²) in [7, 11) is 0. The molecular formula is C19H38N4O3. The van der Waals surface area contributed by atoms with Crippen LogP contribution in [0.2, 0.25) is 0 Å². The van der Waals surface area contributed by atoms with E-state index in [9.17, 15) is 4.79 Å². The number of hydrogen-bond acceptors (Lipinski definition) is 5. The molecule has 2 aliphatic rings. The second kappa shape index (κ2) is 9.88. The number of carbonyl (C=O) groups is 1. The lowest BCUT2D eigenvalue weighted by Gasteiger charge is -2.39. The summed E-state index contributed by atoms with van der Waals surface area (Å²) in [4.78, 5) is 16.9. The van der Waals surface area contributed by atoms with Crippen LogP contribution in [0, 0.1) is 0 Å². The third-order valence-electron chi connectivity index (χ3n) is 5.26. The number of morpholine rings is 2. The number of nitrogens with one attached hydrogen (secondary N) is 2. The summed E-state index contributed by atoms with van der Waals surface area (Å²) in [5.74, 6) is 0. The van der Waals surface area contributed by atoms with Crippen LogP contribution in [0.4, 0.5) is 4.79 Å². The van der Waals surface area contributed by atoms with Gasteiger partial charge >= 0.3 is 6.03 Å². The van der Waals surface area contributed by atoms with E-state index < -0.39 is 0 Å². The topological polar surface area (TPSA) is 66.1 Å². The van der Waals surface area contributed by atoms with Crippen molar-refractivity contribution in [3.8, 4) is 0 Å². The zero-order chi connectivity index (χ0) is 19.3. The van der Waals surface area contributed by atoms with Gasteiger partial charge in [-0.15, -0.1) is 0 Å². The second-order valence-corrected chi connectivity index (χ2v) is 8.21. The van der Waals surface area contributed by atoms with E-state index in [1.54, 1.807) is 0 Å². The van der Waals surface area contributed by atoms with Crippen LogP contribution in [-0.4, -0.2) is 91.6 Å². The minimum atomic E-state index is -0.0904. The van der Waals surface area contributed by atoms with Gasteiger partial charge in [-0.1, -0.05) is 0 Å². The average Bonchev–Trinajstić information content (AvgIpc) is 2.55. The van der Waals surface area contributed by atoms with Gasteiger partial charge in [0.05, 0.1) is 24.4 Å². The number of rotatable bonds is 6. The Morgan fingerprint density at radius 2 is 1.12 bits per heavy atom. The molecule has 2 saturated heterocycles. The van der Waals surface area contributed by atoms with Crippen LogP contribution in [-0.2, 0) is 9.47 Å². The molecule has 0 spiro atoms. The van der Waals surface area contributed by atoms with E-state index in [4.69, 9.17) is 9.47 Å². The molecule has 0 bridgehead atoms. The first-order valence-electron chi connectivity index (χ1n) is 10.0. The van der Waals surface area contributed by atoms with E-state index in [0.29, 0.717) is 25.2 Å². The molecule has 0 aromatic heterocycles. The molecule has 0 radical (unpaired) electrons. The summed E-state index contributed by atoms with van der Waals surface area (Å²) in [6.07, 6.45) is 0.978. The van der Waals surface area contributed by atoms with Crippen molar-refractivity contribution in [1.82, 2.24) is 20.4 Å². The number of urea groups is 1. The van der Waals surface area contributed by atoms with E-state index >= 15 is 0 Å². The number of carbonyl (C=O) groups excluding carboxylic acids is 1. The van der Waals surface area contributed by atoms with Crippen molar-refractivity contribution in [3.63, 3.8) is 0 Å². The van der Waals surface area contributed by atoms with Crippen molar-refractivity contribution < 1.29 is 14.3 Å². The van der Waals surface area contributed by atoms with Crippen LogP contribution in [0.3, 0.4) is 0 Å². The Kier molecular flexibility index (Phi) is 8.13. The molecule has 6 atom stereocenters. The first kappa shape index (κ1) is 21.4. The predicted molar refractivity (Wildman–Crippen MR) is 103 cm³/mol. The van der Waals surface area contributed by atoms with Crippen LogP contribution in [0.25, 0.3) is 0 Å². The SMILES string of the molecule is C[C@@H]1CN([C@H](C)CNC(=O)NC[C@H](C)N2C[C@@H](C)O[C@@H](C)C2)C[C@H](C)O1. The van der Waals surface area contributed by atoms with Gasteiger partial charge in [0.15, 0.2) is 0 Å². The minimum Gasteiger partial charge on any atom is -0.373 e. The Morgan fingerprint density at radius 3 is 1.42 bits per heavy atom. The zero-order valence-corrected chi connectivity index (χ0v) is 17.3. The van der Waals surface area contributed by atoms with Gasteiger partial charge in [-0.2, -0.15) is 0 Å². The fourth-order valence-electron chi connectivity index (χ4n) is 3.96. The number of nitrogens with zero attached hydrogens (tertiary/aromatic N) is 2. The molecule has 2 N–H and O–H groups in total. The second-order valence-electron chi connectivity index (χ2n) is 8.21. The number of ether oxygens (including phenoxy) is 2. The normalized spacial score (nSPS) is 33.5. The van der Waals surface area contributed by atoms with Crippen molar-refractivity contribution >= 4 is 6.03 Å². The Balaban J connectivity index is 1.66. The molecule has 152 valence electrons. The molecule has 0 aliphatic carbocycles. The Labute approximate surface area is 158 Å². The maximum absolute atomic E-state index is 12.2. The maximum atomic E-state index is 12.2. The molecule has 2 amide bonds. The van der Waals surface area contributed by atoms with Crippen molar-refractivity contribution in [2.45, 2.75) is 78.0 Å². The largest absolute Gasteiger partial charge is 0.373 e. The molecule has 2 aliphatic heterocycles. The lowest BCUT2D eigenvalue weighted by Crippen LogP contribution is -2.54. The fraction of sp³-hybridized carbons (Fsp3) is 0.947. The van der Waals surface area contributed by atoms with Gasteiger partial charge in [0.25, 0.3) is 0 Å². The first-order chi connectivity index (χ1) is 12.2. The van der Waals surface area contributed by atoms with Crippen molar-refractivity contribution in [2.24, 2.45) is 0 Å².